The lowest BCUT2D eigenvalue weighted by Gasteiger charge is -2.34. The summed E-state index contributed by atoms with van der Waals surface area (Å²) in [4.78, 5) is 30.4. The zero-order chi connectivity index (χ0) is 22.2. The number of ketones is 1. The summed E-state index contributed by atoms with van der Waals surface area (Å²) in [6, 6.07) is 14.9. The Morgan fingerprint density at radius 1 is 1.16 bits per heavy atom. The first-order chi connectivity index (χ1) is 15.5. The summed E-state index contributed by atoms with van der Waals surface area (Å²) in [5, 5.41) is 0. The summed E-state index contributed by atoms with van der Waals surface area (Å²) in [6.45, 7) is 4.89. The van der Waals surface area contributed by atoms with Crippen molar-refractivity contribution in [2.24, 2.45) is 11.8 Å². The number of benzene rings is 2. The van der Waals surface area contributed by atoms with E-state index in [1.807, 2.05) is 18.2 Å². The molecule has 1 aromatic heterocycles. The summed E-state index contributed by atoms with van der Waals surface area (Å²) in [5.41, 5.74) is 2.45. The maximum atomic E-state index is 13.5. The molecule has 0 radical (unpaired) electrons. The van der Waals surface area contributed by atoms with E-state index < -0.39 is 0 Å². The number of nitrogens with zero attached hydrogens (tertiary/aromatic N) is 2. The Balaban J connectivity index is 1.13. The van der Waals surface area contributed by atoms with Crippen LogP contribution in [-0.2, 0) is 4.79 Å². The summed E-state index contributed by atoms with van der Waals surface area (Å²) < 4.78 is 15.3. The fourth-order valence-corrected chi connectivity index (χ4v) is 5.45. The Bertz CT molecular complexity index is 1160. The average Bonchev–Trinajstić information content (AvgIpc) is 3.52. The van der Waals surface area contributed by atoms with Gasteiger partial charge in [-0.25, -0.2) is 9.18 Å². The number of nitrogens with one attached hydrogen (secondary N) is 1. The van der Waals surface area contributed by atoms with Crippen LogP contribution in [0.4, 0.5) is 4.39 Å². The number of fused-ring (bicyclic) bond motifs is 1. The number of Topliss-reactive ketones (excluding diaryl/α,β-unsaturated/α-hetero) is 1. The summed E-state index contributed by atoms with van der Waals surface area (Å²) in [6.07, 6.45) is 3.39. The molecular formula is C26H30FN3O2. The average molecular weight is 436 g/mol. The van der Waals surface area contributed by atoms with Crippen LogP contribution in [0.5, 0.6) is 0 Å². The van der Waals surface area contributed by atoms with Gasteiger partial charge in [0.05, 0.1) is 11.0 Å². The first kappa shape index (κ1) is 21.1. The Labute approximate surface area is 187 Å². The van der Waals surface area contributed by atoms with Crippen molar-refractivity contribution in [1.82, 2.24) is 14.5 Å². The lowest BCUT2D eigenvalue weighted by Crippen LogP contribution is -2.39. The summed E-state index contributed by atoms with van der Waals surface area (Å²) in [7, 11) is 0. The molecule has 0 bridgehead atoms. The maximum Gasteiger partial charge on any atom is 0.326 e. The Morgan fingerprint density at radius 2 is 1.91 bits per heavy atom. The number of likely N-dealkylation sites (tertiary alicyclic amines) is 1. The van der Waals surface area contributed by atoms with Crippen LogP contribution in [0.25, 0.3) is 11.0 Å². The molecule has 5 nitrogen and oxygen atoms in total. The van der Waals surface area contributed by atoms with Crippen molar-refractivity contribution < 1.29 is 9.18 Å². The molecule has 2 aliphatic rings. The number of H-pyrrole nitrogens is 1. The van der Waals surface area contributed by atoms with Crippen LogP contribution < -0.4 is 5.69 Å². The highest BCUT2D eigenvalue weighted by atomic mass is 19.1. The molecule has 1 N–H and O–H groups in total. The van der Waals surface area contributed by atoms with Gasteiger partial charge in [0, 0.05) is 38.0 Å². The van der Waals surface area contributed by atoms with Gasteiger partial charge in [0.1, 0.15) is 11.6 Å². The van der Waals surface area contributed by atoms with Gasteiger partial charge < -0.3 is 9.88 Å². The molecule has 168 valence electrons. The Hall–Kier alpha value is -2.73. The molecule has 0 amide bonds. The van der Waals surface area contributed by atoms with Crippen LogP contribution >= 0.6 is 0 Å². The fourth-order valence-electron chi connectivity index (χ4n) is 5.45. The van der Waals surface area contributed by atoms with E-state index in [1.54, 1.807) is 10.6 Å². The Kier molecular flexibility index (Phi) is 5.72. The first-order valence-electron chi connectivity index (χ1n) is 11.7. The van der Waals surface area contributed by atoms with Crippen LogP contribution in [-0.4, -0.2) is 39.9 Å². The number of carbonyl (C=O) groups is 1. The molecule has 0 spiro atoms. The minimum atomic E-state index is -0.342. The van der Waals surface area contributed by atoms with Gasteiger partial charge in [0.15, 0.2) is 0 Å². The van der Waals surface area contributed by atoms with E-state index in [1.165, 1.54) is 17.7 Å². The fraction of sp³-hybridized carbons (Fsp3) is 0.462. The number of imidazole rings is 1. The normalized spacial score (nSPS) is 22.8. The highest BCUT2D eigenvalue weighted by molar-refractivity contribution is 5.85. The van der Waals surface area contributed by atoms with Crippen molar-refractivity contribution in [3.8, 4) is 0 Å². The van der Waals surface area contributed by atoms with E-state index in [0.717, 1.165) is 44.4 Å². The molecule has 2 unspecified atom stereocenters. The van der Waals surface area contributed by atoms with Gasteiger partial charge in [0.25, 0.3) is 0 Å². The second-order valence-corrected chi connectivity index (χ2v) is 9.63. The van der Waals surface area contributed by atoms with Crippen molar-refractivity contribution in [3.63, 3.8) is 0 Å². The van der Waals surface area contributed by atoms with Crippen molar-refractivity contribution in [1.29, 1.82) is 0 Å². The van der Waals surface area contributed by atoms with Gasteiger partial charge in [-0.3, -0.25) is 9.36 Å². The number of hydrogen-bond acceptors (Lipinski definition) is 3. The minimum absolute atomic E-state index is 0.119. The molecule has 1 saturated carbocycles. The number of hydrogen-bond donors (Lipinski definition) is 1. The van der Waals surface area contributed by atoms with Gasteiger partial charge in [-0.1, -0.05) is 37.3 Å². The molecule has 6 heteroatoms. The molecule has 2 heterocycles. The van der Waals surface area contributed by atoms with Crippen molar-refractivity contribution in [2.75, 3.05) is 19.6 Å². The molecule has 3 aromatic rings. The number of aromatic amines is 1. The molecule has 1 aliphatic heterocycles. The number of carbonyl (C=O) groups excluding carboxylic acids is 1. The molecule has 2 aromatic carbocycles. The summed E-state index contributed by atoms with van der Waals surface area (Å²) in [5.74, 6) is 0.998. The van der Waals surface area contributed by atoms with E-state index in [2.05, 4.69) is 28.9 Å². The second-order valence-electron chi connectivity index (χ2n) is 9.63. The van der Waals surface area contributed by atoms with Crippen molar-refractivity contribution in [3.05, 3.63) is 70.4 Å². The molecule has 2 fully saturated rings. The number of halogens is 1. The lowest BCUT2D eigenvalue weighted by molar-refractivity contribution is -0.121. The number of piperidine rings is 1. The molecule has 3 atom stereocenters. The lowest BCUT2D eigenvalue weighted by atomic mass is 9.97. The number of rotatable bonds is 7. The SMILES string of the molecule is C[C@H](CC(=O)C1CC1c1ccccc1)CN1CCC(n2c(=O)[nH]c3cc(F)ccc32)CC1. The predicted molar refractivity (Wildman–Crippen MR) is 123 cm³/mol. The van der Waals surface area contributed by atoms with E-state index in [4.69, 9.17) is 0 Å². The third-order valence-electron chi connectivity index (χ3n) is 7.15. The predicted octanol–water partition coefficient (Wildman–Crippen LogP) is 4.50. The van der Waals surface area contributed by atoms with Crippen molar-refractivity contribution >= 4 is 16.8 Å². The highest BCUT2D eigenvalue weighted by Crippen LogP contribution is 2.48. The zero-order valence-corrected chi connectivity index (χ0v) is 18.5. The zero-order valence-electron chi connectivity index (χ0n) is 18.5. The van der Waals surface area contributed by atoms with E-state index in [0.29, 0.717) is 29.6 Å². The molecule has 5 rings (SSSR count). The van der Waals surface area contributed by atoms with E-state index in [9.17, 15) is 14.0 Å². The molecule has 32 heavy (non-hydrogen) atoms. The van der Waals surface area contributed by atoms with Crippen molar-refractivity contribution in [2.45, 2.75) is 44.6 Å². The van der Waals surface area contributed by atoms with Gasteiger partial charge >= 0.3 is 5.69 Å². The monoisotopic (exact) mass is 435 g/mol. The van der Waals surface area contributed by atoms with E-state index in [-0.39, 0.29) is 23.5 Å². The minimum Gasteiger partial charge on any atom is -0.305 e. The van der Waals surface area contributed by atoms with Crippen LogP contribution in [0, 0.1) is 17.7 Å². The van der Waals surface area contributed by atoms with Crippen LogP contribution in [0.15, 0.2) is 53.3 Å². The maximum absolute atomic E-state index is 13.5. The summed E-state index contributed by atoms with van der Waals surface area (Å²) >= 11 is 0. The first-order valence-corrected chi connectivity index (χ1v) is 11.7. The Morgan fingerprint density at radius 3 is 2.66 bits per heavy atom. The van der Waals surface area contributed by atoms with Crippen LogP contribution in [0.3, 0.4) is 0 Å². The van der Waals surface area contributed by atoms with Gasteiger partial charge in [-0.2, -0.15) is 0 Å². The van der Waals surface area contributed by atoms with E-state index >= 15 is 0 Å². The molecule has 1 aliphatic carbocycles. The molecular weight excluding hydrogens is 405 g/mol. The second kappa shape index (κ2) is 8.66. The molecule has 1 saturated heterocycles. The highest BCUT2D eigenvalue weighted by Gasteiger charge is 2.43. The van der Waals surface area contributed by atoms with Gasteiger partial charge in [-0.15, -0.1) is 0 Å². The third-order valence-corrected chi connectivity index (χ3v) is 7.15. The number of aromatic nitrogens is 2. The topological polar surface area (TPSA) is 58.1 Å². The van der Waals surface area contributed by atoms with Gasteiger partial charge in [-0.05, 0) is 54.9 Å². The van der Waals surface area contributed by atoms with Gasteiger partial charge in [0.2, 0.25) is 0 Å². The van der Waals surface area contributed by atoms with Crippen LogP contribution in [0.1, 0.15) is 50.1 Å². The quantitative estimate of drug-likeness (QED) is 0.594. The largest absolute Gasteiger partial charge is 0.326 e. The standard InChI is InChI=1S/C26H30FN3O2/c1-17(13-25(31)22-15-21(22)18-5-3-2-4-6-18)16-29-11-9-20(10-12-29)30-24-8-7-19(27)14-23(24)28-26(30)32/h2-8,14,17,20-22H,9-13,15-16H2,1H3,(H,28,32)/t17-,21?,22?/m1/s1. The third kappa shape index (κ3) is 4.29. The van der Waals surface area contributed by atoms with Crippen LogP contribution in [0.2, 0.25) is 0 Å². The smallest absolute Gasteiger partial charge is 0.305 e.